The van der Waals surface area contributed by atoms with Crippen LogP contribution in [0.5, 0.6) is 0 Å². The van der Waals surface area contributed by atoms with Crippen molar-refractivity contribution in [1.29, 1.82) is 0 Å². The fraction of sp³-hybridized carbons (Fsp3) is 0.222. The van der Waals surface area contributed by atoms with Gasteiger partial charge in [0.05, 0.1) is 12.6 Å². The molecule has 22 heavy (non-hydrogen) atoms. The van der Waals surface area contributed by atoms with Crippen LogP contribution in [0.2, 0.25) is 0 Å². The molecule has 1 atom stereocenters. The maximum atomic E-state index is 12.5. The first-order valence-corrected chi connectivity index (χ1v) is 7.34. The van der Waals surface area contributed by atoms with Crippen LogP contribution in [0.4, 0.5) is 0 Å². The molecule has 0 bridgehead atoms. The molecule has 1 unspecified atom stereocenters. The van der Waals surface area contributed by atoms with Crippen LogP contribution < -0.4 is 5.32 Å². The Balaban J connectivity index is 1.80. The summed E-state index contributed by atoms with van der Waals surface area (Å²) >= 11 is 0. The first kappa shape index (κ1) is 14.3. The lowest BCUT2D eigenvalue weighted by Gasteiger charge is -2.33. The SMILES string of the molecule is Cc1ccc(C2CN(C(=O)c3ccccc3)CC(=O)N2)cc1. The van der Waals surface area contributed by atoms with Crippen molar-refractivity contribution >= 4 is 11.8 Å². The lowest BCUT2D eigenvalue weighted by Crippen LogP contribution is -2.51. The molecule has 1 aliphatic heterocycles. The molecule has 0 aliphatic carbocycles. The van der Waals surface area contributed by atoms with E-state index in [2.05, 4.69) is 5.32 Å². The second-order valence-corrected chi connectivity index (χ2v) is 5.58. The molecule has 3 rings (SSSR count). The Morgan fingerprint density at radius 3 is 2.45 bits per heavy atom. The average Bonchev–Trinajstić information content (AvgIpc) is 2.55. The number of hydrogen-bond donors (Lipinski definition) is 1. The molecule has 4 nitrogen and oxygen atoms in total. The lowest BCUT2D eigenvalue weighted by atomic mass is 10.0. The fourth-order valence-corrected chi connectivity index (χ4v) is 2.65. The minimum absolute atomic E-state index is 0.104. The van der Waals surface area contributed by atoms with Gasteiger partial charge in [0.25, 0.3) is 5.91 Å². The summed E-state index contributed by atoms with van der Waals surface area (Å²) in [7, 11) is 0. The number of benzene rings is 2. The average molecular weight is 294 g/mol. The van der Waals surface area contributed by atoms with Crippen LogP contribution in [0, 0.1) is 6.92 Å². The topological polar surface area (TPSA) is 49.4 Å². The molecule has 0 radical (unpaired) electrons. The predicted octanol–water partition coefficient (Wildman–Crippen LogP) is 2.31. The maximum absolute atomic E-state index is 12.5. The summed E-state index contributed by atoms with van der Waals surface area (Å²) in [4.78, 5) is 26.1. The van der Waals surface area contributed by atoms with Gasteiger partial charge in [-0.25, -0.2) is 0 Å². The van der Waals surface area contributed by atoms with E-state index in [1.54, 1.807) is 17.0 Å². The quantitative estimate of drug-likeness (QED) is 0.924. The smallest absolute Gasteiger partial charge is 0.254 e. The molecule has 1 aliphatic rings. The van der Waals surface area contributed by atoms with Crippen molar-refractivity contribution < 1.29 is 9.59 Å². The van der Waals surface area contributed by atoms with Gasteiger partial charge in [0.2, 0.25) is 5.91 Å². The van der Waals surface area contributed by atoms with Gasteiger partial charge < -0.3 is 10.2 Å². The number of carbonyl (C=O) groups is 2. The Morgan fingerprint density at radius 1 is 1.09 bits per heavy atom. The predicted molar refractivity (Wildman–Crippen MR) is 84.4 cm³/mol. The fourth-order valence-electron chi connectivity index (χ4n) is 2.65. The van der Waals surface area contributed by atoms with Crippen LogP contribution in [0.15, 0.2) is 54.6 Å². The number of aryl methyl sites for hydroxylation is 1. The Hall–Kier alpha value is -2.62. The highest BCUT2D eigenvalue weighted by molar-refractivity contribution is 5.97. The minimum atomic E-state index is -0.158. The highest BCUT2D eigenvalue weighted by Crippen LogP contribution is 2.19. The van der Waals surface area contributed by atoms with Gasteiger partial charge in [-0.3, -0.25) is 9.59 Å². The van der Waals surface area contributed by atoms with E-state index in [0.717, 1.165) is 5.56 Å². The van der Waals surface area contributed by atoms with Crippen LogP contribution in [0.25, 0.3) is 0 Å². The number of rotatable bonds is 2. The molecule has 0 spiro atoms. The highest BCUT2D eigenvalue weighted by atomic mass is 16.2. The first-order valence-electron chi connectivity index (χ1n) is 7.34. The molecular formula is C18H18N2O2. The molecule has 1 heterocycles. The summed E-state index contributed by atoms with van der Waals surface area (Å²) < 4.78 is 0. The summed E-state index contributed by atoms with van der Waals surface area (Å²) in [6, 6.07) is 16.9. The van der Waals surface area contributed by atoms with Gasteiger partial charge in [-0.1, -0.05) is 48.0 Å². The number of nitrogens with one attached hydrogen (secondary N) is 1. The van der Waals surface area contributed by atoms with Crippen molar-refractivity contribution in [2.75, 3.05) is 13.1 Å². The Bertz CT molecular complexity index is 680. The van der Waals surface area contributed by atoms with Gasteiger partial charge in [-0.15, -0.1) is 0 Å². The highest BCUT2D eigenvalue weighted by Gasteiger charge is 2.29. The molecular weight excluding hydrogens is 276 g/mol. The Labute approximate surface area is 129 Å². The zero-order valence-electron chi connectivity index (χ0n) is 12.5. The van der Waals surface area contributed by atoms with E-state index in [0.29, 0.717) is 12.1 Å². The molecule has 2 amide bonds. The second-order valence-electron chi connectivity index (χ2n) is 5.58. The Kier molecular flexibility index (Phi) is 3.92. The zero-order valence-corrected chi connectivity index (χ0v) is 12.5. The van der Waals surface area contributed by atoms with Crippen LogP contribution in [-0.2, 0) is 4.79 Å². The molecule has 1 saturated heterocycles. The van der Waals surface area contributed by atoms with Gasteiger partial charge in [0.1, 0.15) is 0 Å². The van der Waals surface area contributed by atoms with Crippen molar-refractivity contribution in [1.82, 2.24) is 10.2 Å². The molecule has 1 N–H and O–H groups in total. The molecule has 2 aromatic rings. The molecule has 112 valence electrons. The minimum Gasteiger partial charge on any atom is -0.346 e. The van der Waals surface area contributed by atoms with E-state index in [1.165, 1.54) is 5.56 Å². The van der Waals surface area contributed by atoms with Crippen LogP contribution in [0.1, 0.15) is 27.5 Å². The van der Waals surface area contributed by atoms with Crippen molar-refractivity contribution in [3.63, 3.8) is 0 Å². The van der Waals surface area contributed by atoms with Crippen molar-refractivity contribution in [2.24, 2.45) is 0 Å². The van der Waals surface area contributed by atoms with E-state index in [4.69, 9.17) is 0 Å². The monoisotopic (exact) mass is 294 g/mol. The summed E-state index contributed by atoms with van der Waals surface area (Å²) in [6.07, 6.45) is 0. The van der Waals surface area contributed by atoms with E-state index in [-0.39, 0.29) is 24.4 Å². The summed E-state index contributed by atoms with van der Waals surface area (Å²) in [5, 5.41) is 2.96. The molecule has 1 fully saturated rings. The van der Waals surface area contributed by atoms with Gasteiger partial charge in [0.15, 0.2) is 0 Å². The summed E-state index contributed by atoms with van der Waals surface area (Å²) in [6.45, 7) is 2.62. The lowest BCUT2D eigenvalue weighted by molar-refractivity contribution is -0.124. The van der Waals surface area contributed by atoms with Crippen LogP contribution in [-0.4, -0.2) is 29.8 Å². The van der Waals surface area contributed by atoms with Crippen molar-refractivity contribution in [2.45, 2.75) is 13.0 Å². The van der Waals surface area contributed by atoms with Gasteiger partial charge in [0, 0.05) is 12.1 Å². The molecule has 0 saturated carbocycles. The Morgan fingerprint density at radius 2 is 1.77 bits per heavy atom. The van der Waals surface area contributed by atoms with Gasteiger partial charge in [-0.05, 0) is 24.6 Å². The van der Waals surface area contributed by atoms with E-state index >= 15 is 0 Å². The molecule has 4 heteroatoms. The number of carbonyl (C=O) groups excluding carboxylic acids is 2. The number of piperazine rings is 1. The van der Waals surface area contributed by atoms with Crippen molar-refractivity contribution in [3.05, 3.63) is 71.3 Å². The zero-order chi connectivity index (χ0) is 15.5. The molecule has 2 aromatic carbocycles. The normalized spacial score (nSPS) is 18.0. The van der Waals surface area contributed by atoms with E-state index in [9.17, 15) is 9.59 Å². The second kappa shape index (κ2) is 6.02. The maximum Gasteiger partial charge on any atom is 0.254 e. The third-order valence-corrected chi connectivity index (χ3v) is 3.86. The molecule has 0 aromatic heterocycles. The third-order valence-electron chi connectivity index (χ3n) is 3.86. The summed E-state index contributed by atoms with van der Waals surface area (Å²) in [5.41, 5.74) is 2.80. The van der Waals surface area contributed by atoms with Gasteiger partial charge in [-0.2, -0.15) is 0 Å². The number of hydrogen-bond acceptors (Lipinski definition) is 2. The number of nitrogens with zero attached hydrogens (tertiary/aromatic N) is 1. The summed E-state index contributed by atoms with van der Waals surface area (Å²) in [5.74, 6) is -0.228. The van der Waals surface area contributed by atoms with Crippen LogP contribution in [0.3, 0.4) is 0 Å². The van der Waals surface area contributed by atoms with E-state index in [1.807, 2.05) is 49.4 Å². The van der Waals surface area contributed by atoms with E-state index < -0.39 is 0 Å². The van der Waals surface area contributed by atoms with Crippen molar-refractivity contribution in [3.8, 4) is 0 Å². The van der Waals surface area contributed by atoms with Crippen LogP contribution >= 0.6 is 0 Å². The largest absolute Gasteiger partial charge is 0.346 e. The third kappa shape index (κ3) is 3.01. The number of amides is 2. The standard InChI is InChI=1S/C18H18N2O2/c1-13-7-9-14(10-8-13)16-11-20(12-17(21)19-16)18(22)15-5-3-2-4-6-15/h2-10,16H,11-12H2,1H3,(H,19,21). The van der Waals surface area contributed by atoms with Gasteiger partial charge >= 0.3 is 0 Å². The first-order chi connectivity index (χ1) is 10.6.